The Hall–Kier alpha value is -2.51. The molecule has 3 rings (SSSR count). The van der Waals surface area contributed by atoms with E-state index in [4.69, 9.17) is 9.47 Å². The van der Waals surface area contributed by atoms with Gasteiger partial charge in [-0.1, -0.05) is 12.1 Å². The molecule has 1 amide bonds. The second kappa shape index (κ2) is 10.1. The molecule has 6 nitrogen and oxygen atoms in total. The van der Waals surface area contributed by atoms with E-state index < -0.39 is 0 Å². The van der Waals surface area contributed by atoms with Crippen molar-refractivity contribution in [2.45, 2.75) is 13.0 Å². The minimum atomic E-state index is -0.226. The maximum absolute atomic E-state index is 13.1. The number of carbonyl (C=O) groups is 1. The second-order valence-corrected chi connectivity index (χ2v) is 6.75. The molecule has 0 aliphatic carbocycles. The summed E-state index contributed by atoms with van der Waals surface area (Å²) >= 11 is 0. The first-order valence-corrected chi connectivity index (χ1v) is 9.50. The lowest BCUT2D eigenvalue weighted by Gasteiger charge is -2.22. The Labute approximate surface area is 164 Å². The number of hydrogen-bond donors (Lipinski definition) is 0. The highest BCUT2D eigenvalue weighted by molar-refractivity contribution is 5.96. The number of amides is 1. The molecule has 7 heteroatoms. The van der Waals surface area contributed by atoms with E-state index in [0.717, 1.165) is 31.6 Å². The van der Waals surface area contributed by atoms with E-state index in [9.17, 15) is 9.18 Å². The highest BCUT2D eigenvalue weighted by Gasteiger charge is 2.23. The maximum atomic E-state index is 13.1. The van der Waals surface area contributed by atoms with E-state index in [1.807, 2.05) is 17.0 Å². The van der Waals surface area contributed by atoms with Crippen LogP contribution in [0.1, 0.15) is 22.3 Å². The smallest absolute Gasteiger partial charge is 0.259 e. The van der Waals surface area contributed by atoms with Gasteiger partial charge in [-0.15, -0.1) is 0 Å². The van der Waals surface area contributed by atoms with Crippen molar-refractivity contribution in [1.82, 2.24) is 14.8 Å². The number of aromatic nitrogens is 1. The van der Waals surface area contributed by atoms with E-state index in [1.165, 1.54) is 12.1 Å². The zero-order valence-electron chi connectivity index (χ0n) is 16.1. The Bertz CT molecular complexity index is 770. The lowest BCUT2D eigenvalue weighted by molar-refractivity contribution is 0.0752. The van der Waals surface area contributed by atoms with Crippen molar-refractivity contribution in [2.75, 3.05) is 46.5 Å². The molecule has 0 bridgehead atoms. The lowest BCUT2D eigenvalue weighted by Crippen LogP contribution is -2.35. The molecule has 0 N–H and O–H groups in total. The van der Waals surface area contributed by atoms with Crippen LogP contribution in [0.4, 0.5) is 4.39 Å². The van der Waals surface area contributed by atoms with Crippen molar-refractivity contribution in [3.63, 3.8) is 0 Å². The third kappa shape index (κ3) is 5.50. The monoisotopic (exact) mass is 387 g/mol. The average molecular weight is 387 g/mol. The molecule has 1 aromatic carbocycles. The third-order valence-corrected chi connectivity index (χ3v) is 4.72. The molecule has 150 valence electrons. The molecule has 0 unspecified atom stereocenters. The first-order chi connectivity index (χ1) is 13.7. The molecular formula is C21H26FN3O3. The Morgan fingerprint density at radius 2 is 1.93 bits per heavy atom. The van der Waals surface area contributed by atoms with Gasteiger partial charge in [-0.25, -0.2) is 9.37 Å². The van der Waals surface area contributed by atoms with Crippen LogP contribution >= 0.6 is 0 Å². The number of methoxy groups -OCH3 is 1. The van der Waals surface area contributed by atoms with Gasteiger partial charge >= 0.3 is 0 Å². The molecule has 1 fully saturated rings. The quantitative estimate of drug-likeness (QED) is 0.684. The minimum Gasteiger partial charge on any atom is -0.475 e. The van der Waals surface area contributed by atoms with Gasteiger partial charge in [-0.2, -0.15) is 0 Å². The standard InChI is InChI=1S/C21H26FN3O3/c1-27-14-15-28-20-19(4-2-9-23-20)21(26)25-11-3-10-24(12-13-25)16-17-5-7-18(22)8-6-17/h2,4-9H,3,10-16H2,1H3. The summed E-state index contributed by atoms with van der Waals surface area (Å²) in [5.74, 6) is 0.0532. The van der Waals surface area contributed by atoms with Crippen molar-refractivity contribution < 1.29 is 18.7 Å². The zero-order chi connectivity index (χ0) is 19.8. The predicted octanol–water partition coefficient (Wildman–Crippen LogP) is 2.59. The Kier molecular flexibility index (Phi) is 7.33. The lowest BCUT2D eigenvalue weighted by atomic mass is 10.2. The van der Waals surface area contributed by atoms with Crippen molar-refractivity contribution >= 4 is 5.91 Å². The normalized spacial score (nSPS) is 15.3. The topological polar surface area (TPSA) is 54.9 Å². The number of carbonyl (C=O) groups excluding carboxylic acids is 1. The number of ether oxygens (including phenoxy) is 2. The molecule has 1 aliphatic heterocycles. The van der Waals surface area contributed by atoms with Gasteiger partial charge in [0.2, 0.25) is 5.88 Å². The van der Waals surface area contributed by atoms with Gasteiger partial charge in [0.1, 0.15) is 18.0 Å². The van der Waals surface area contributed by atoms with Crippen molar-refractivity contribution in [3.8, 4) is 5.88 Å². The van der Waals surface area contributed by atoms with E-state index in [1.54, 1.807) is 25.4 Å². The van der Waals surface area contributed by atoms with Gasteiger partial charge in [0.25, 0.3) is 5.91 Å². The van der Waals surface area contributed by atoms with Crippen LogP contribution in [-0.2, 0) is 11.3 Å². The van der Waals surface area contributed by atoms with Crippen molar-refractivity contribution in [1.29, 1.82) is 0 Å². The molecular weight excluding hydrogens is 361 g/mol. The van der Waals surface area contributed by atoms with Crippen molar-refractivity contribution in [2.24, 2.45) is 0 Å². The predicted molar refractivity (Wildman–Crippen MR) is 104 cm³/mol. The van der Waals surface area contributed by atoms with Gasteiger partial charge in [0, 0.05) is 46.0 Å². The number of nitrogens with zero attached hydrogens (tertiary/aromatic N) is 3. The Balaban J connectivity index is 1.60. The van der Waals surface area contributed by atoms with Crippen LogP contribution in [0.3, 0.4) is 0 Å². The summed E-state index contributed by atoms with van der Waals surface area (Å²) in [4.78, 5) is 21.4. The van der Waals surface area contributed by atoms with E-state index >= 15 is 0 Å². The fourth-order valence-corrected chi connectivity index (χ4v) is 3.24. The Morgan fingerprint density at radius 3 is 2.71 bits per heavy atom. The molecule has 0 radical (unpaired) electrons. The first-order valence-electron chi connectivity index (χ1n) is 9.50. The SMILES string of the molecule is COCCOc1ncccc1C(=O)N1CCCN(Cc2ccc(F)cc2)CC1. The third-order valence-electron chi connectivity index (χ3n) is 4.72. The minimum absolute atomic E-state index is 0.0656. The van der Waals surface area contributed by atoms with Crippen LogP contribution in [0.5, 0.6) is 5.88 Å². The summed E-state index contributed by atoms with van der Waals surface area (Å²) in [5.41, 5.74) is 1.55. The molecule has 0 saturated carbocycles. The van der Waals surface area contributed by atoms with Gasteiger partial charge in [0.15, 0.2) is 0 Å². The van der Waals surface area contributed by atoms with Crippen LogP contribution in [-0.4, -0.2) is 67.2 Å². The highest BCUT2D eigenvalue weighted by atomic mass is 19.1. The summed E-state index contributed by atoms with van der Waals surface area (Å²) in [5, 5.41) is 0. The maximum Gasteiger partial charge on any atom is 0.259 e. The van der Waals surface area contributed by atoms with Crippen LogP contribution in [0.2, 0.25) is 0 Å². The summed E-state index contributed by atoms with van der Waals surface area (Å²) < 4.78 is 23.7. The van der Waals surface area contributed by atoms with Crippen LogP contribution in [0, 0.1) is 5.82 Å². The molecule has 1 aliphatic rings. The first kappa shape index (κ1) is 20.2. The van der Waals surface area contributed by atoms with E-state index in [2.05, 4.69) is 9.88 Å². The van der Waals surface area contributed by atoms with Crippen LogP contribution < -0.4 is 4.74 Å². The summed E-state index contributed by atoms with van der Waals surface area (Å²) in [7, 11) is 1.60. The molecule has 0 atom stereocenters. The van der Waals surface area contributed by atoms with E-state index in [0.29, 0.717) is 37.7 Å². The number of benzene rings is 1. The molecule has 2 heterocycles. The molecule has 0 spiro atoms. The van der Waals surface area contributed by atoms with Gasteiger partial charge in [-0.3, -0.25) is 9.69 Å². The second-order valence-electron chi connectivity index (χ2n) is 6.75. The highest BCUT2D eigenvalue weighted by Crippen LogP contribution is 2.18. The summed E-state index contributed by atoms with van der Waals surface area (Å²) in [6, 6.07) is 10.1. The van der Waals surface area contributed by atoms with Crippen LogP contribution in [0.25, 0.3) is 0 Å². The zero-order valence-corrected chi connectivity index (χ0v) is 16.1. The van der Waals surface area contributed by atoms with Crippen LogP contribution in [0.15, 0.2) is 42.6 Å². The number of rotatable bonds is 7. The summed E-state index contributed by atoms with van der Waals surface area (Å²) in [6.45, 7) is 4.51. The largest absolute Gasteiger partial charge is 0.475 e. The molecule has 1 aromatic heterocycles. The van der Waals surface area contributed by atoms with Gasteiger partial charge in [-0.05, 0) is 36.2 Å². The number of halogens is 1. The molecule has 1 saturated heterocycles. The molecule has 2 aromatic rings. The molecule has 28 heavy (non-hydrogen) atoms. The van der Waals surface area contributed by atoms with Crippen molar-refractivity contribution in [3.05, 3.63) is 59.5 Å². The average Bonchev–Trinajstić information content (AvgIpc) is 2.95. The Morgan fingerprint density at radius 1 is 1.11 bits per heavy atom. The van der Waals surface area contributed by atoms with Gasteiger partial charge < -0.3 is 14.4 Å². The summed E-state index contributed by atoms with van der Waals surface area (Å²) in [6.07, 6.45) is 2.50. The van der Waals surface area contributed by atoms with E-state index in [-0.39, 0.29) is 11.7 Å². The number of pyridine rings is 1. The number of hydrogen-bond acceptors (Lipinski definition) is 5. The fourth-order valence-electron chi connectivity index (χ4n) is 3.24. The fraction of sp³-hybridized carbons (Fsp3) is 0.429. The van der Waals surface area contributed by atoms with Gasteiger partial charge in [0.05, 0.1) is 6.61 Å².